The second-order valence-corrected chi connectivity index (χ2v) is 7.48. The highest BCUT2D eigenvalue weighted by atomic mass is 15.0. The SMILES string of the molecule is CCn1c2ccccc2c2cc(CNCc3ccc4ccc(N)nc4c3)ccc21. The normalized spacial score (nSPS) is 11.6. The quantitative estimate of drug-likeness (QED) is 0.439. The minimum absolute atomic E-state index is 0.558. The number of nitrogen functional groups attached to an aromatic ring is 1. The van der Waals surface area contributed by atoms with Crippen molar-refractivity contribution in [1.82, 2.24) is 14.9 Å². The second kappa shape index (κ2) is 7.22. The largest absolute Gasteiger partial charge is 0.384 e. The molecule has 0 unspecified atom stereocenters. The molecule has 0 fully saturated rings. The minimum Gasteiger partial charge on any atom is -0.384 e. The van der Waals surface area contributed by atoms with Gasteiger partial charge in [-0.15, -0.1) is 0 Å². The summed E-state index contributed by atoms with van der Waals surface area (Å²) in [5.41, 5.74) is 11.9. The summed E-state index contributed by atoms with van der Waals surface area (Å²) in [5, 5.41) is 7.33. The van der Waals surface area contributed by atoms with Gasteiger partial charge in [0.1, 0.15) is 5.82 Å². The summed E-state index contributed by atoms with van der Waals surface area (Å²) in [6, 6.07) is 25.7. The standard InChI is InChI=1S/C25H24N4/c1-2-29-23-6-4-3-5-20(23)21-13-17(8-11-24(21)29)15-27-16-18-7-9-19-10-12-25(26)28-22(19)14-18/h3-14,27H,2,15-16H2,1H3,(H2,26,28). The fraction of sp³-hybridized carbons (Fsp3) is 0.160. The Bertz CT molecular complexity index is 1330. The van der Waals surface area contributed by atoms with Crippen molar-refractivity contribution in [3.63, 3.8) is 0 Å². The van der Waals surface area contributed by atoms with Crippen molar-refractivity contribution in [2.75, 3.05) is 5.73 Å². The van der Waals surface area contributed by atoms with Crippen LogP contribution in [0, 0.1) is 0 Å². The summed E-state index contributed by atoms with van der Waals surface area (Å²) >= 11 is 0. The third-order valence-electron chi connectivity index (χ3n) is 5.59. The Morgan fingerprint density at radius 1 is 0.828 bits per heavy atom. The van der Waals surface area contributed by atoms with Gasteiger partial charge in [0.2, 0.25) is 0 Å². The van der Waals surface area contributed by atoms with Crippen LogP contribution in [0.3, 0.4) is 0 Å². The maximum Gasteiger partial charge on any atom is 0.124 e. The van der Waals surface area contributed by atoms with Gasteiger partial charge in [-0.2, -0.15) is 0 Å². The molecule has 3 aromatic carbocycles. The van der Waals surface area contributed by atoms with E-state index in [2.05, 4.69) is 82.5 Å². The zero-order valence-corrected chi connectivity index (χ0v) is 16.5. The highest BCUT2D eigenvalue weighted by Crippen LogP contribution is 2.29. The second-order valence-electron chi connectivity index (χ2n) is 7.48. The van der Waals surface area contributed by atoms with E-state index < -0.39 is 0 Å². The van der Waals surface area contributed by atoms with Gasteiger partial charge in [0.15, 0.2) is 0 Å². The predicted molar refractivity (Wildman–Crippen MR) is 122 cm³/mol. The molecule has 0 spiro atoms. The Kier molecular flexibility index (Phi) is 4.41. The molecule has 0 bridgehead atoms. The highest BCUT2D eigenvalue weighted by Gasteiger charge is 2.09. The summed E-state index contributed by atoms with van der Waals surface area (Å²) in [6.45, 7) is 4.79. The van der Waals surface area contributed by atoms with Crippen LogP contribution < -0.4 is 11.1 Å². The smallest absolute Gasteiger partial charge is 0.124 e. The monoisotopic (exact) mass is 380 g/mol. The fourth-order valence-electron chi connectivity index (χ4n) is 4.19. The first kappa shape index (κ1) is 17.7. The summed E-state index contributed by atoms with van der Waals surface area (Å²) < 4.78 is 2.38. The summed E-state index contributed by atoms with van der Waals surface area (Å²) in [6.07, 6.45) is 0. The van der Waals surface area contributed by atoms with Crippen LogP contribution in [0.2, 0.25) is 0 Å². The van der Waals surface area contributed by atoms with Crippen molar-refractivity contribution in [3.05, 3.63) is 83.9 Å². The van der Waals surface area contributed by atoms with E-state index in [0.717, 1.165) is 30.5 Å². The molecule has 0 aliphatic rings. The molecule has 4 nitrogen and oxygen atoms in total. The van der Waals surface area contributed by atoms with Crippen molar-refractivity contribution in [2.24, 2.45) is 0 Å². The molecule has 0 saturated carbocycles. The first-order valence-corrected chi connectivity index (χ1v) is 10.1. The Hall–Kier alpha value is -3.37. The number of fused-ring (bicyclic) bond motifs is 4. The lowest BCUT2D eigenvalue weighted by atomic mass is 10.1. The van der Waals surface area contributed by atoms with E-state index >= 15 is 0 Å². The summed E-state index contributed by atoms with van der Waals surface area (Å²) in [7, 11) is 0. The van der Waals surface area contributed by atoms with Crippen molar-refractivity contribution in [2.45, 2.75) is 26.6 Å². The van der Waals surface area contributed by atoms with Gasteiger partial charge in [0, 0.05) is 46.8 Å². The van der Waals surface area contributed by atoms with Crippen LogP contribution in [0.25, 0.3) is 32.7 Å². The molecule has 3 N–H and O–H groups in total. The van der Waals surface area contributed by atoms with Gasteiger partial charge in [-0.25, -0.2) is 4.98 Å². The highest BCUT2D eigenvalue weighted by molar-refractivity contribution is 6.08. The lowest BCUT2D eigenvalue weighted by Gasteiger charge is -2.08. The molecule has 29 heavy (non-hydrogen) atoms. The Morgan fingerprint density at radius 2 is 1.55 bits per heavy atom. The number of aromatic nitrogens is 2. The number of rotatable bonds is 5. The first-order valence-electron chi connectivity index (χ1n) is 10.1. The number of nitrogens with one attached hydrogen (secondary N) is 1. The number of hydrogen-bond donors (Lipinski definition) is 2. The average Bonchev–Trinajstić information content (AvgIpc) is 3.06. The van der Waals surface area contributed by atoms with Gasteiger partial charge >= 0.3 is 0 Å². The summed E-state index contributed by atoms with van der Waals surface area (Å²) in [5.74, 6) is 0.558. The average molecular weight is 380 g/mol. The fourth-order valence-corrected chi connectivity index (χ4v) is 4.19. The minimum atomic E-state index is 0.558. The molecule has 144 valence electrons. The first-order chi connectivity index (χ1) is 14.2. The lowest BCUT2D eigenvalue weighted by molar-refractivity contribution is 0.694. The number of benzene rings is 3. The van der Waals surface area contributed by atoms with Crippen molar-refractivity contribution in [3.8, 4) is 0 Å². The molecule has 5 aromatic rings. The molecule has 2 heterocycles. The number of nitrogens with two attached hydrogens (primary N) is 1. The van der Waals surface area contributed by atoms with E-state index in [-0.39, 0.29) is 0 Å². The van der Waals surface area contributed by atoms with Crippen LogP contribution in [-0.2, 0) is 19.6 Å². The van der Waals surface area contributed by atoms with Gasteiger partial charge in [0.25, 0.3) is 0 Å². The molecule has 0 amide bonds. The van der Waals surface area contributed by atoms with Crippen LogP contribution in [0.1, 0.15) is 18.1 Å². The Morgan fingerprint density at radius 3 is 2.41 bits per heavy atom. The van der Waals surface area contributed by atoms with E-state index in [1.165, 1.54) is 32.9 Å². The number of pyridine rings is 1. The van der Waals surface area contributed by atoms with Gasteiger partial charge in [-0.1, -0.05) is 36.4 Å². The zero-order chi connectivity index (χ0) is 19.8. The molecule has 5 rings (SSSR count). The number of para-hydroxylation sites is 1. The van der Waals surface area contributed by atoms with E-state index in [1.807, 2.05) is 12.1 Å². The van der Waals surface area contributed by atoms with E-state index in [4.69, 9.17) is 5.73 Å². The van der Waals surface area contributed by atoms with E-state index in [0.29, 0.717) is 5.82 Å². The predicted octanol–water partition coefficient (Wildman–Crippen LogP) is 5.23. The van der Waals surface area contributed by atoms with Gasteiger partial charge in [-0.05, 0) is 54.4 Å². The zero-order valence-electron chi connectivity index (χ0n) is 16.5. The lowest BCUT2D eigenvalue weighted by Crippen LogP contribution is -2.12. The summed E-state index contributed by atoms with van der Waals surface area (Å²) in [4.78, 5) is 4.42. The topological polar surface area (TPSA) is 55.9 Å². The number of nitrogens with zero attached hydrogens (tertiary/aromatic N) is 2. The van der Waals surface area contributed by atoms with Crippen LogP contribution in [-0.4, -0.2) is 9.55 Å². The van der Waals surface area contributed by atoms with Crippen molar-refractivity contribution >= 4 is 38.5 Å². The molecule has 0 aliphatic heterocycles. The maximum atomic E-state index is 5.82. The van der Waals surface area contributed by atoms with E-state index in [9.17, 15) is 0 Å². The molecule has 0 aliphatic carbocycles. The van der Waals surface area contributed by atoms with Crippen LogP contribution in [0.4, 0.5) is 5.82 Å². The Balaban J connectivity index is 1.37. The van der Waals surface area contributed by atoms with Crippen LogP contribution in [0.5, 0.6) is 0 Å². The number of anilines is 1. The Labute approximate surface area is 170 Å². The van der Waals surface area contributed by atoms with E-state index in [1.54, 1.807) is 0 Å². The van der Waals surface area contributed by atoms with Crippen LogP contribution in [0.15, 0.2) is 72.8 Å². The molecule has 0 saturated heterocycles. The van der Waals surface area contributed by atoms with Crippen molar-refractivity contribution in [1.29, 1.82) is 0 Å². The third kappa shape index (κ3) is 3.22. The molecule has 4 heteroatoms. The van der Waals surface area contributed by atoms with Crippen LogP contribution >= 0.6 is 0 Å². The third-order valence-corrected chi connectivity index (χ3v) is 5.59. The molecule has 0 atom stereocenters. The molecular weight excluding hydrogens is 356 g/mol. The molecule has 0 radical (unpaired) electrons. The number of hydrogen-bond acceptors (Lipinski definition) is 3. The molecular formula is C25H24N4. The van der Waals surface area contributed by atoms with Gasteiger partial charge in [0.05, 0.1) is 5.52 Å². The maximum absolute atomic E-state index is 5.82. The van der Waals surface area contributed by atoms with Crippen molar-refractivity contribution < 1.29 is 0 Å². The number of aryl methyl sites for hydroxylation is 1. The van der Waals surface area contributed by atoms with Gasteiger partial charge < -0.3 is 15.6 Å². The molecule has 2 aromatic heterocycles. The van der Waals surface area contributed by atoms with Gasteiger partial charge in [-0.3, -0.25) is 0 Å².